The molecule has 0 aromatic carbocycles. The Bertz CT molecular complexity index is 316. The van der Waals surface area contributed by atoms with Crippen LogP contribution in [0.1, 0.15) is 19.2 Å². The van der Waals surface area contributed by atoms with Crippen molar-refractivity contribution in [2.75, 3.05) is 6.54 Å². The number of nitrogens with one attached hydrogen (secondary N) is 1. The van der Waals surface area contributed by atoms with Crippen LogP contribution in [-0.2, 0) is 13.1 Å². The molecule has 13 heavy (non-hydrogen) atoms. The van der Waals surface area contributed by atoms with E-state index in [0.29, 0.717) is 5.84 Å². The highest BCUT2D eigenvalue weighted by molar-refractivity contribution is 5.78. The van der Waals surface area contributed by atoms with Crippen LogP contribution in [0, 0.1) is 5.41 Å². The molecular weight excluding hydrogens is 166 g/mol. The predicted molar refractivity (Wildman–Crippen MR) is 48.4 cm³/mol. The van der Waals surface area contributed by atoms with Crippen molar-refractivity contribution in [1.82, 2.24) is 19.7 Å². The van der Waals surface area contributed by atoms with Gasteiger partial charge in [-0.3, -0.25) is 5.41 Å². The minimum absolute atomic E-state index is 0.689. The van der Waals surface area contributed by atoms with E-state index in [9.17, 15) is 0 Å². The average molecular weight is 179 g/mol. The van der Waals surface area contributed by atoms with Crippen molar-refractivity contribution in [2.45, 2.75) is 26.4 Å². The molecule has 0 aliphatic carbocycles. The minimum Gasteiger partial charge on any atom is -0.351 e. The summed E-state index contributed by atoms with van der Waals surface area (Å²) in [7, 11) is 0. The molecule has 5 nitrogen and oxygen atoms in total. The fraction of sp³-hybridized carbons (Fsp3) is 0.625. The number of hydrogen-bond acceptors (Lipinski definition) is 3. The summed E-state index contributed by atoms with van der Waals surface area (Å²) in [6, 6.07) is 0. The lowest BCUT2D eigenvalue weighted by Crippen LogP contribution is -2.37. The van der Waals surface area contributed by atoms with Gasteiger partial charge in [-0.05, 0) is 0 Å². The van der Waals surface area contributed by atoms with Crippen LogP contribution < -0.4 is 0 Å². The van der Waals surface area contributed by atoms with E-state index in [-0.39, 0.29) is 0 Å². The highest BCUT2D eigenvalue weighted by Gasteiger charge is 2.18. The topological polar surface area (TPSA) is 57.8 Å². The van der Waals surface area contributed by atoms with Crippen LogP contribution in [0.4, 0.5) is 0 Å². The number of amidine groups is 1. The molecule has 0 unspecified atom stereocenters. The molecular formula is C8H13N5. The van der Waals surface area contributed by atoms with Crippen molar-refractivity contribution in [3.05, 3.63) is 12.2 Å². The van der Waals surface area contributed by atoms with E-state index < -0.39 is 0 Å². The molecule has 1 aromatic rings. The lowest BCUT2D eigenvalue weighted by molar-refractivity contribution is 0.323. The molecule has 0 fully saturated rings. The summed E-state index contributed by atoms with van der Waals surface area (Å²) in [5.41, 5.74) is 0. The summed E-state index contributed by atoms with van der Waals surface area (Å²) in [5.74, 6) is 1.65. The first-order valence-electron chi connectivity index (χ1n) is 4.50. The molecule has 0 amide bonds. The van der Waals surface area contributed by atoms with E-state index in [1.165, 1.54) is 0 Å². The summed E-state index contributed by atoms with van der Waals surface area (Å²) in [6.07, 6.45) is 2.54. The Morgan fingerprint density at radius 2 is 2.46 bits per heavy atom. The maximum absolute atomic E-state index is 7.69. The first-order valence-corrected chi connectivity index (χ1v) is 4.50. The second-order valence-corrected chi connectivity index (χ2v) is 3.16. The van der Waals surface area contributed by atoms with Gasteiger partial charge in [0.05, 0.1) is 12.4 Å². The highest BCUT2D eigenvalue weighted by Crippen LogP contribution is 2.09. The molecule has 5 heteroatoms. The molecule has 0 saturated carbocycles. The van der Waals surface area contributed by atoms with E-state index in [2.05, 4.69) is 10.2 Å². The third kappa shape index (κ3) is 1.41. The Morgan fingerprint density at radius 1 is 1.62 bits per heavy atom. The van der Waals surface area contributed by atoms with Crippen LogP contribution in [-0.4, -0.2) is 32.0 Å². The van der Waals surface area contributed by atoms with E-state index in [4.69, 9.17) is 5.41 Å². The largest absolute Gasteiger partial charge is 0.351 e. The number of hydrogen-bond donors (Lipinski definition) is 1. The van der Waals surface area contributed by atoms with Gasteiger partial charge >= 0.3 is 0 Å². The third-order valence-electron chi connectivity index (χ3n) is 2.36. The zero-order valence-electron chi connectivity index (χ0n) is 7.69. The zero-order chi connectivity index (χ0) is 9.26. The lowest BCUT2D eigenvalue weighted by atomic mass is 10.3. The second-order valence-electron chi connectivity index (χ2n) is 3.16. The average Bonchev–Trinajstić information content (AvgIpc) is 2.63. The smallest absolute Gasteiger partial charge is 0.152 e. The lowest BCUT2D eigenvalue weighted by Gasteiger charge is -2.28. The normalized spacial score (nSPS) is 15.6. The van der Waals surface area contributed by atoms with Crippen LogP contribution in [0.5, 0.6) is 0 Å². The Labute approximate surface area is 76.9 Å². The third-order valence-corrected chi connectivity index (χ3v) is 2.36. The van der Waals surface area contributed by atoms with Crippen LogP contribution >= 0.6 is 0 Å². The molecule has 0 saturated heterocycles. The van der Waals surface area contributed by atoms with Gasteiger partial charge in [0.1, 0.15) is 6.33 Å². The van der Waals surface area contributed by atoms with Gasteiger partial charge in [-0.2, -0.15) is 0 Å². The molecule has 1 aliphatic rings. The van der Waals surface area contributed by atoms with Gasteiger partial charge < -0.3 is 9.47 Å². The molecule has 1 aromatic heterocycles. The van der Waals surface area contributed by atoms with Crippen molar-refractivity contribution in [3.63, 3.8) is 0 Å². The van der Waals surface area contributed by atoms with Crippen LogP contribution in [0.2, 0.25) is 0 Å². The molecule has 2 heterocycles. The molecule has 0 atom stereocenters. The highest BCUT2D eigenvalue weighted by atomic mass is 15.3. The Morgan fingerprint density at radius 3 is 3.23 bits per heavy atom. The van der Waals surface area contributed by atoms with Gasteiger partial charge in [-0.15, -0.1) is 10.2 Å². The number of nitrogens with zero attached hydrogens (tertiary/aromatic N) is 4. The molecule has 2 rings (SSSR count). The molecule has 1 aliphatic heterocycles. The van der Waals surface area contributed by atoms with Gasteiger partial charge in [0.2, 0.25) is 0 Å². The Hall–Kier alpha value is -1.39. The molecule has 0 bridgehead atoms. The quantitative estimate of drug-likeness (QED) is 0.504. The molecule has 1 N–H and O–H groups in total. The number of aromatic nitrogens is 3. The monoisotopic (exact) mass is 179 g/mol. The first kappa shape index (κ1) is 8.22. The molecule has 70 valence electrons. The zero-order valence-corrected chi connectivity index (χ0v) is 7.69. The number of rotatable bonds is 1. The van der Waals surface area contributed by atoms with Crippen LogP contribution in [0.15, 0.2) is 6.33 Å². The van der Waals surface area contributed by atoms with Crippen molar-refractivity contribution in [1.29, 1.82) is 5.41 Å². The van der Waals surface area contributed by atoms with Gasteiger partial charge in [-0.25, -0.2) is 0 Å². The molecule has 0 radical (unpaired) electrons. The Balaban J connectivity index is 2.13. The fourth-order valence-electron chi connectivity index (χ4n) is 1.52. The van der Waals surface area contributed by atoms with E-state index in [0.717, 1.165) is 31.9 Å². The summed E-state index contributed by atoms with van der Waals surface area (Å²) in [4.78, 5) is 2.05. The Kier molecular flexibility index (Phi) is 2.00. The summed E-state index contributed by atoms with van der Waals surface area (Å²) >= 11 is 0. The maximum atomic E-state index is 7.69. The van der Waals surface area contributed by atoms with E-state index in [1.807, 2.05) is 16.4 Å². The number of fused-ring (bicyclic) bond motifs is 1. The van der Waals surface area contributed by atoms with Gasteiger partial charge in [0.15, 0.2) is 5.82 Å². The summed E-state index contributed by atoms with van der Waals surface area (Å²) in [6.45, 7) is 4.52. The van der Waals surface area contributed by atoms with Gasteiger partial charge in [-0.1, -0.05) is 6.92 Å². The second kappa shape index (κ2) is 3.16. The first-order chi connectivity index (χ1) is 6.31. The minimum atomic E-state index is 0.689. The van der Waals surface area contributed by atoms with Crippen LogP contribution in [0.25, 0.3) is 0 Å². The van der Waals surface area contributed by atoms with E-state index in [1.54, 1.807) is 6.33 Å². The van der Waals surface area contributed by atoms with Crippen molar-refractivity contribution in [3.8, 4) is 0 Å². The summed E-state index contributed by atoms with van der Waals surface area (Å²) in [5, 5.41) is 15.5. The van der Waals surface area contributed by atoms with Gasteiger partial charge in [0.25, 0.3) is 0 Å². The molecule has 0 spiro atoms. The summed E-state index contributed by atoms with van der Waals surface area (Å²) < 4.78 is 2.04. The van der Waals surface area contributed by atoms with Gasteiger partial charge in [0, 0.05) is 19.5 Å². The van der Waals surface area contributed by atoms with E-state index >= 15 is 0 Å². The maximum Gasteiger partial charge on any atom is 0.152 e. The predicted octanol–water partition coefficient (Wildman–Crippen LogP) is 0.481. The van der Waals surface area contributed by atoms with Crippen molar-refractivity contribution >= 4 is 5.84 Å². The van der Waals surface area contributed by atoms with Crippen LogP contribution in [0.3, 0.4) is 0 Å². The van der Waals surface area contributed by atoms with Crippen molar-refractivity contribution in [2.24, 2.45) is 0 Å². The standard InChI is InChI=1S/C8H13N5/c1-2-7(9)12-3-4-13-6-10-11-8(13)5-12/h6,9H,2-5H2,1H3. The fourth-order valence-corrected chi connectivity index (χ4v) is 1.52. The van der Waals surface area contributed by atoms with Crippen molar-refractivity contribution < 1.29 is 0 Å². The SMILES string of the molecule is CCC(=N)N1CCn2cnnc2C1.